The maximum atomic E-state index is 13.7. The Morgan fingerprint density at radius 1 is 1.09 bits per heavy atom. The lowest BCUT2D eigenvalue weighted by atomic mass is 9.94. The summed E-state index contributed by atoms with van der Waals surface area (Å²) in [7, 11) is 0. The molecule has 0 amide bonds. The van der Waals surface area contributed by atoms with Crippen LogP contribution in [0.25, 0.3) is 28.2 Å². The number of pyridine rings is 2. The van der Waals surface area contributed by atoms with E-state index in [9.17, 15) is 23.1 Å². The number of allylic oxidation sites excluding steroid dienone is 1. The molecule has 0 atom stereocenters. The van der Waals surface area contributed by atoms with Crippen LogP contribution in [-0.2, 0) is 10.9 Å². The molecule has 0 radical (unpaired) electrons. The van der Waals surface area contributed by atoms with Gasteiger partial charge in [-0.3, -0.25) is 4.98 Å². The second-order valence-corrected chi connectivity index (χ2v) is 11.5. The molecule has 5 heterocycles. The fourth-order valence-electron chi connectivity index (χ4n) is 5.76. The standard InChI is InChI=1S/C32H29F3N4O5/c33-32(34,35)30-23(2-1-11-36-30)28-22(29(44-38-28)19-4-5-19)7-3-18-9-12-39(13-10-18)20-6-8-25-24(14-20)27(43-21-16-42-17-21)15-26(37-25)31(40)41/h1-3,6-8,11,14-15,18-19,21H,4-5,9-10,12-13,16-17H2,(H,40,41)/b7-3+. The minimum absolute atomic E-state index is 0.0768. The van der Waals surface area contributed by atoms with Crippen molar-refractivity contribution in [1.29, 1.82) is 0 Å². The third-order valence-electron chi connectivity index (χ3n) is 8.35. The highest BCUT2D eigenvalue weighted by molar-refractivity contribution is 5.94. The van der Waals surface area contributed by atoms with Crippen LogP contribution in [0.4, 0.5) is 18.9 Å². The van der Waals surface area contributed by atoms with E-state index in [-0.39, 0.29) is 34.9 Å². The molecule has 2 saturated heterocycles. The molecule has 7 rings (SSSR count). The van der Waals surface area contributed by atoms with E-state index < -0.39 is 17.8 Å². The number of aromatic nitrogens is 3. The topological polar surface area (TPSA) is 111 Å². The van der Waals surface area contributed by atoms with Crippen LogP contribution in [0.15, 0.2) is 53.2 Å². The van der Waals surface area contributed by atoms with Gasteiger partial charge < -0.3 is 24.0 Å². The Bertz CT molecular complexity index is 1740. The lowest BCUT2D eigenvalue weighted by molar-refractivity contribution is -0.140. The maximum Gasteiger partial charge on any atom is 0.434 e. The van der Waals surface area contributed by atoms with E-state index in [0.29, 0.717) is 35.8 Å². The molecular weight excluding hydrogens is 577 g/mol. The quantitative estimate of drug-likeness (QED) is 0.238. The lowest BCUT2D eigenvalue weighted by Crippen LogP contribution is -2.38. The third kappa shape index (κ3) is 5.61. The van der Waals surface area contributed by atoms with Crippen LogP contribution < -0.4 is 9.64 Å². The number of fused-ring (bicyclic) bond motifs is 1. The summed E-state index contributed by atoms with van der Waals surface area (Å²) in [5.41, 5.74) is 1.15. The van der Waals surface area contributed by atoms with Gasteiger partial charge in [0.15, 0.2) is 11.4 Å². The zero-order valence-electron chi connectivity index (χ0n) is 23.6. The number of hydrogen-bond donors (Lipinski definition) is 1. The molecular formula is C32H29F3N4O5. The molecule has 1 N–H and O–H groups in total. The summed E-state index contributed by atoms with van der Waals surface area (Å²) in [6.07, 6.45) is 3.86. The number of ether oxygens (including phenoxy) is 2. The van der Waals surface area contributed by atoms with Crippen LogP contribution in [0, 0.1) is 5.92 Å². The first kappa shape index (κ1) is 28.3. The van der Waals surface area contributed by atoms with Crippen molar-refractivity contribution in [2.45, 2.75) is 43.9 Å². The number of rotatable bonds is 8. The predicted octanol–water partition coefficient (Wildman–Crippen LogP) is 6.59. The van der Waals surface area contributed by atoms with E-state index in [1.807, 2.05) is 24.3 Å². The molecule has 44 heavy (non-hydrogen) atoms. The number of aromatic carboxylic acids is 1. The van der Waals surface area contributed by atoms with Crippen molar-refractivity contribution in [3.8, 4) is 17.0 Å². The van der Waals surface area contributed by atoms with Crippen LogP contribution in [0.2, 0.25) is 0 Å². The normalized spacial score (nSPS) is 18.2. The van der Waals surface area contributed by atoms with E-state index >= 15 is 0 Å². The third-order valence-corrected chi connectivity index (χ3v) is 8.35. The summed E-state index contributed by atoms with van der Waals surface area (Å²) in [5.74, 6) is 0.370. The number of halogens is 3. The number of anilines is 1. The summed E-state index contributed by atoms with van der Waals surface area (Å²) < 4.78 is 58.1. The Morgan fingerprint density at radius 2 is 1.89 bits per heavy atom. The summed E-state index contributed by atoms with van der Waals surface area (Å²) >= 11 is 0. The zero-order chi connectivity index (χ0) is 30.4. The summed E-state index contributed by atoms with van der Waals surface area (Å²) in [6, 6.07) is 10.1. The number of benzene rings is 1. The van der Waals surface area contributed by atoms with E-state index in [0.717, 1.165) is 56.0 Å². The van der Waals surface area contributed by atoms with Crippen molar-refractivity contribution in [2.24, 2.45) is 5.92 Å². The number of alkyl halides is 3. The highest BCUT2D eigenvalue weighted by Gasteiger charge is 2.38. The highest BCUT2D eigenvalue weighted by Crippen LogP contribution is 2.46. The molecule has 3 aliphatic rings. The predicted molar refractivity (Wildman–Crippen MR) is 155 cm³/mol. The second kappa shape index (κ2) is 11.2. The SMILES string of the molecule is O=C(O)c1cc(OC2COC2)c2cc(N3CCC(/C=C/c4c(-c5cccnc5C(F)(F)F)noc4C4CC4)CC3)ccc2n1. The molecule has 4 aromatic rings. The van der Waals surface area contributed by atoms with Crippen LogP contribution in [-0.4, -0.2) is 58.6 Å². The Balaban J connectivity index is 1.10. The average molecular weight is 607 g/mol. The average Bonchev–Trinajstić information content (AvgIpc) is 3.76. The number of carboxylic acid groups (broad SMARTS) is 1. The van der Waals surface area contributed by atoms with Crippen molar-refractivity contribution in [3.63, 3.8) is 0 Å². The van der Waals surface area contributed by atoms with Crippen LogP contribution in [0.5, 0.6) is 5.75 Å². The maximum absolute atomic E-state index is 13.7. The number of hydrogen-bond acceptors (Lipinski definition) is 8. The largest absolute Gasteiger partial charge is 0.485 e. The van der Waals surface area contributed by atoms with E-state index in [2.05, 4.69) is 26.1 Å². The van der Waals surface area contributed by atoms with Crippen molar-refractivity contribution in [2.75, 3.05) is 31.2 Å². The second-order valence-electron chi connectivity index (χ2n) is 11.5. The molecule has 12 heteroatoms. The molecule has 0 bridgehead atoms. The Morgan fingerprint density at radius 3 is 2.57 bits per heavy atom. The molecule has 1 saturated carbocycles. The first-order chi connectivity index (χ1) is 21.2. The molecule has 228 valence electrons. The Labute approximate surface area is 250 Å². The van der Waals surface area contributed by atoms with Gasteiger partial charge in [-0.05, 0) is 61.9 Å². The van der Waals surface area contributed by atoms with Gasteiger partial charge in [-0.1, -0.05) is 17.3 Å². The lowest BCUT2D eigenvalue weighted by Gasteiger charge is -2.33. The van der Waals surface area contributed by atoms with E-state index in [1.165, 1.54) is 18.2 Å². The highest BCUT2D eigenvalue weighted by atomic mass is 19.4. The zero-order valence-corrected chi connectivity index (χ0v) is 23.6. The number of nitrogens with zero attached hydrogens (tertiary/aromatic N) is 4. The minimum atomic E-state index is -4.61. The van der Waals surface area contributed by atoms with Crippen molar-refractivity contribution in [3.05, 3.63) is 71.4 Å². The Hall–Kier alpha value is -4.45. The molecule has 9 nitrogen and oxygen atoms in total. The van der Waals surface area contributed by atoms with E-state index in [1.54, 1.807) is 0 Å². The van der Waals surface area contributed by atoms with Crippen molar-refractivity contribution >= 4 is 28.6 Å². The van der Waals surface area contributed by atoms with Gasteiger partial charge in [0.1, 0.15) is 23.3 Å². The fraction of sp³-hybridized carbons (Fsp3) is 0.375. The van der Waals surface area contributed by atoms with Gasteiger partial charge in [-0.15, -0.1) is 0 Å². The summed E-state index contributed by atoms with van der Waals surface area (Å²) in [5, 5.41) is 14.3. The summed E-state index contributed by atoms with van der Waals surface area (Å²) in [4.78, 5) is 21.8. The summed E-state index contributed by atoms with van der Waals surface area (Å²) in [6.45, 7) is 2.44. The Kier molecular flexibility index (Phi) is 7.23. The van der Waals surface area contributed by atoms with E-state index in [4.69, 9.17) is 14.0 Å². The van der Waals surface area contributed by atoms with Gasteiger partial charge in [0.25, 0.3) is 0 Å². The molecule has 0 spiro atoms. The number of carboxylic acids is 1. The smallest absolute Gasteiger partial charge is 0.434 e. The first-order valence-electron chi connectivity index (χ1n) is 14.6. The van der Waals surface area contributed by atoms with Gasteiger partial charge >= 0.3 is 12.1 Å². The molecule has 0 unspecified atom stereocenters. The van der Waals surface area contributed by atoms with Gasteiger partial charge in [0.05, 0.1) is 18.7 Å². The number of carbonyl (C=O) groups is 1. The molecule has 3 fully saturated rings. The molecule has 2 aliphatic heterocycles. The molecule has 1 aliphatic carbocycles. The van der Waals surface area contributed by atoms with Crippen LogP contribution in [0.3, 0.4) is 0 Å². The van der Waals surface area contributed by atoms with Gasteiger partial charge in [-0.2, -0.15) is 13.2 Å². The van der Waals surface area contributed by atoms with Crippen LogP contribution in [0.1, 0.15) is 59.1 Å². The number of piperidine rings is 1. The van der Waals surface area contributed by atoms with Crippen molar-refractivity contribution < 1.29 is 37.1 Å². The van der Waals surface area contributed by atoms with Gasteiger partial charge in [-0.25, -0.2) is 9.78 Å². The fourth-order valence-corrected chi connectivity index (χ4v) is 5.76. The minimum Gasteiger partial charge on any atom is -0.485 e. The van der Waals surface area contributed by atoms with Crippen LogP contribution >= 0.6 is 0 Å². The van der Waals surface area contributed by atoms with Gasteiger partial charge in [0.2, 0.25) is 0 Å². The molecule has 3 aromatic heterocycles. The molecule has 1 aromatic carbocycles. The first-order valence-corrected chi connectivity index (χ1v) is 14.6. The van der Waals surface area contributed by atoms with Crippen molar-refractivity contribution in [1.82, 2.24) is 15.1 Å². The monoisotopic (exact) mass is 606 g/mol. The van der Waals surface area contributed by atoms with Gasteiger partial charge in [0, 0.05) is 53.5 Å².